The lowest BCUT2D eigenvalue weighted by Crippen LogP contribution is -2.43. The first-order valence-corrected chi connectivity index (χ1v) is 8.06. The second-order valence-corrected chi connectivity index (χ2v) is 7.52. The summed E-state index contributed by atoms with van der Waals surface area (Å²) in [5.41, 5.74) is 6.60. The van der Waals surface area contributed by atoms with Crippen molar-refractivity contribution in [3.63, 3.8) is 0 Å². The minimum atomic E-state index is 0.232. The van der Waals surface area contributed by atoms with E-state index in [1.165, 1.54) is 6.42 Å². The van der Waals surface area contributed by atoms with Gasteiger partial charge in [0, 0.05) is 30.9 Å². The van der Waals surface area contributed by atoms with Crippen LogP contribution in [-0.4, -0.2) is 35.3 Å². The number of hydrogen-bond acceptors (Lipinski definition) is 2. The van der Waals surface area contributed by atoms with Crippen LogP contribution in [0.4, 0.5) is 0 Å². The van der Waals surface area contributed by atoms with Crippen molar-refractivity contribution in [2.45, 2.75) is 39.7 Å². The van der Waals surface area contributed by atoms with E-state index in [9.17, 15) is 4.79 Å². The maximum Gasteiger partial charge on any atom is 0.222 e. The predicted octanol–water partition coefficient (Wildman–Crippen LogP) is 2.24. The summed E-state index contributed by atoms with van der Waals surface area (Å²) in [6, 6.07) is 0.232. The number of alkyl halides is 1. The van der Waals surface area contributed by atoms with Crippen molar-refractivity contribution in [1.82, 2.24) is 4.90 Å². The molecule has 3 nitrogen and oxygen atoms in total. The zero-order valence-corrected chi connectivity index (χ0v) is 13.2. The average Bonchev–Trinajstić information content (AvgIpc) is 2.72. The summed E-state index contributed by atoms with van der Waals surface area (Å²) < 4.78 is 0. The molecule has 0 aromatic carbocycles. The quantitative estimate of drug-likeness (QED) is 0.812. The number of rotatable bonds is 3. The minimum absolute atomic E-state index is 0.232. The van der Waals surface area contributed by atoms with Gasteiger partial charge in [-0.25, -0.2) is 0 Å². The van der Waals surface area contributed by atoms with Crippen LogP contribution in [0.3, 0.4) is 0 Å². The third-order valence-electron chi connectivity index (χ3n) is 4.90. The number of likely N-dealkylation sites (tertiary alicyclic amines) is 1. The van der Waals surface area contributed by atoms with E-state index in [-0.39, 0.29) is 11.5 Å². The van der Waals surface area contributed by atoms with Gasteiger partial charge < -0.3 is 10.6 Å². The summed E-state index contributed by atoms with van der Waals surface area (Å²) in [5, 5.41) is 0.922. The van der Waals surface area contributed by atoms with E-state index in [4.69, 9.17) is 5.73 Å². The van der Waals surface area contributed by atoms with Crippen molar-refractivity contribution >= 4 is 21.8 Å². The van der Waals surface area contributed by atoms with Gasteiger partial charge in [-0.2, -0.15) is 0 Å². The highest BCUT2D eigenvalue weighted by Crippen LogP contribution is 2.45. The lowest BCUT2D eigenvalue weighted by atomic mass is 9.80. The molecule has 18 heavy (non-hydrogen) atoms. The first-order chi connectivity index (χ1) is 8.35. The van der Waals surface area contributed by atoms with Crippen LogP contribution < -0.4 is 5.73 Å². The van der Waals surface area contributed by atoms with Crippen molar-refractivity contribution in [2.24, 2.45) is 28.9 Å². The smallest absolute Gasteiger partial charge is 0.222 e. The summed E-state index contributed by atoms with van der Waals surface area (Å²) in [5.74, 6) is 1.79. The highest BCUT2D eigenvalue weighted by atomic mass is 79.9. The molecule has 1 amide bonds. The first-order valence-electron chi connectivity index (χ1n) is 6.94. The van der Waals surface area contributed by atoms with E-state index < -0.39 is 0 Å². The molecule has 2 aliphatic rings. The Bertz CT molecular complexity index is 332. The van der Waals surface area contributed by atoms with Gasteiger partial charge in [-0.3, -0.25) is 4.79 Å². The van der Waals surface area contributed by atoms with Crippen LogP contribution in [0, 0.1) is 23.2 Å². The molecule has 0 spiro atoms. The predicted molar refractivity (Wildman–Crippen MR) is 77.5 cm³/mol. The molecule has 1 heterocycles. The number of nitrogens with two attached hydrogens (primary N) is 1. The monoisotopic (exact) mass is 316 g/mol. The van der Waals surface area contributed by atoms with Crippen LogP contribution >= 0.6 is 15.9 Å². The number of halogens is 1. The average molecular weight is 317 g/mol. The summed E-state index contributed by atoms with van der Waals surface area (Å²) in [7, 11) is 0. The highest BCUT2D eigenvalue weighted by molar-refractivity contribution is 9.09. The number of nitrogens with zero attached hydrogens (tertiary/aromatic N) is 1. The molecule has 1 aliphatic heterocycles. The zero-order valence-electron chi connectivity index (χ0n) is 11.7. The molecule has 1 aliphatic carbocycles. The lowest BCUT2D eigenvalue weighted by Gasteiger charge is -2.33. The standard InChI is InChI=1S/C14H25BrN2O/c1-9-5-14(2,3)11(13(9)16)8-17-7-10(6-15)4-12(17)18/h9-11,13H,4-8,16H2,1-3H3. The van der Waals surface area contributed by atoms with Crippen LogP contribution in [0.2, 0.25) is 0 Å². The second kappa shape index (κ2) is 5.12. The summed E-state index contributed by atoms with van der Waals surface area (Å²) in [6.07, 6.45) is 1.87. The van der Waals surface area contributed by atoms with E-state index in [1.54, 1.807) is 0 Å². The van der Waals surface area contributed by atoms with Crippen LogP contribution in [0.5, 0.6) is 0 Å². The molecule has 1 saturated carbocycles. The van der Waals surface area contributed by atoms with Crippen LogP contribution in [0.1, 0.15) is 33.6 Å². The maximum absolute atomic E-state index is 12.0. The van der Waals surface area contributed by atoms with Gasteiger partial charge >= 0.3 is 0 Å². The van der Waals surface area contributed by atoms with E-state index in [0.717, 1.165) is 18.4 Å². The zero-order chi connectivity index (χ0) is 13.5. The third-order valence-corrected chi connectivity index (χ3v) is 5.82. The fourth-order valence-electron chi connectivity index (χ4n) is 3.77. The molecular weight excluding hydrogens is 292 g/mol. The summed E-state index contributed by atoms with van der Waals surface area (Å²) in [4.78, 5) is 14.0. The molecule has 4 atom stereocenters. The Balaban J connectivity index is 2.03. The number of carbonyl (C=O) groups excluding carboxylic acids is 1. The molecule has 1 saturated heterocycles. The normalized spacial score (nSPS) is 39.6. The number of carbonyl (C=O) groups is 1. The molecule has 0 bridgehead atoms. The second-order valence-electron chi connectivity index (χ2n) is 6.88. The van der Waals surface area contributed by atoms with E-state index >= 15 is 0 Å². The molecule has 4 heteroatoms. The molecule has 0 aromatic heterocycles. The van der Waals surface area contributed by atoms with Crippen LogP contribution in [0.15, 0.2) is 0 Å². The SMILES string of the molecule is CC1CC(C)(C)C(CN2CC(CBr)CC2=O)C1N. The van der Waals surface area contributed by atoms with Gasteiger partial charge in [-0.15, -0.1) is 0 Å². The van der Waals surface area contributed by atoms with Crippen molar-refractivity contribution < 1.29 is 4.79 Å². The van der Waals surface area contributed by atoms with E-state index in [1.807, 2.05) is 4.90 Å². The van der Waals surface area contributed by atoms with Crippen molar-refractivity contribution in [2.75, 3.05) is 18.4 Å². The molecule has 0 radical (unpaired) electrons. The molecule has 2 N–H and O–H groups in total. The Morgan fingerprint density at radius 3 is 2.61 bits per heavy atom. The van der Waals surface area contributed by atoms with Crippen molar-refractivity contribution in [3.8, 4) is 0 Å². The topological polar surface area (TPSA) is 46.3 Å². The van der Waals surface area contributed by atoms with Crippen molar-refractivity contribution in [1.29, 1.82) is 0 Å². The highest BCUT2D eigenvalue weighted by Gasteiger charge is 2.46. The Morgan fingerprint density at radius 2 is 2.17 bits per heavy atom. The number of amides is 1. The summed E-state index contributed by atoms with van der Waals surface area (Å²) in [6.45, 7) is 8.57. The molecular formula is C14H25BrN2O. The van der Waals surface area contributed by atoms with Crippen molar-refractivity contribution in [3.05, 3.63) is 0 Å². The van der Waals surface area contributed by atoms with Gasteiger partial charge in [0.05, 0.1) is 0 Å². The van der Waals surface area contributed by atoms with Gasteiger partial charge in [0.15, 0.2) is 0 Å². The summed E-state index contributed by atoms with van der Waals surface area (Å²) >= 11 is 3.48. The van der Waals surface area contributed by atoms with Crippen LogP contribution in [0.25, 0.3) is 0 Å². The molecule has 4 unspecified atom stereocenters. The van der Waals surface area contributed by atoms with Gasteiger partial charge in [0.25, 0.3) is 0 Å². The Labute approximate surface area is 119 Å². The minimum Gasteiger partial charge on any atom is -0.342 e. The van der Waals surface area contributed by atoms with E-state index in [2.05, 4.69) is 36.7 Å². The molecule has 104 valence electrons. The van der Waals surface area contributed by atoms with Crippen LogP contribution in [-0.2, 0) is 4.79 Å². The Morgan fingerprint density at radius 1 is 1.50 bits per heavy atom. The Kier molecular flexibility index (Phi) is 4.07. The molecule has 2 rings (SSSR count). The molecule has 0 aromatic rings. The largest absolute Gasteiger partial charge is 0.342 e. The first kappa shape index (κ1) is 14.3. The van der Waals surface area contributed by atoms with E-state index in [0.29, 0.717) is 30.1 Å². The molecule has 2 fully saturated rings. The Hall–Kier alpha value is -0.0900. The lowest BCUT2D eigenvalue weighted by molar-refractivity contribution is -0.128. The van der Waals surface area contributed by atoms with Gasteiger partial charge in [0.2, 0.25) is 5.91 Å². The third kappa shape index (κ3) is 2.60. The fraction of sp³-hybridized carbons (Fsp3) is 0.929. The van der Waals surface area contributed by atoms with Gasteiger partial charge in [-0.1, -0.05) is 36.7 Å². The van der Waals surface area contributed by atoms with Gasteiger partial charge in [0.1, 0.15) is 0 Å². The van der Waals surface area contributed by atoms with Gasteiger partial charge in [-0.05, 0) is 29.6 Å². The fourth-order valence-corrected chi connectivity index (χ4v) is 4.21. The maximum atomic E-state index is 12.0. The number of hydrogen-bond donors (Lipinski definition) is 1.